The molecule has 1 aromatic heterocycles. The summed E-state index contributed by atoms with van der Waals surface area (Å²) < 4.78 is 1.87. The molecule has 0 aliphatic heterocycles. The molecule has 0 spiro atoms. The molecule has 0 saturated heterocycles. The van der Waals surface area contributed by atoms with Crippen molar-refractivity contribution < 1.29 is 5.11 Å². The van der Waals surface area contributed by atoms with E-state index in [2.05, 4.69) is 5.10 Å². The van der Waals surface area contributed by atoms with Gasteiger partial charge in [0.05, 0.1) is 0 Å². The molecule has 0 unspecified atom stereocenters. The second-order valence-electron chi connectivity index (χ2n) is 2.63. The Morgan fingerprint density at radius 2 is 2.36 bits per heavy atom. The Labute approximate surface area is 66.7 Å². The molecule has 1 N–H and O–H groups in total. The summed E-state index contributed by atoms with van der Waals surface area (Å²) in [6.07, 6.45) is 4.73. The Kier molecular flexibility index (Phi) is 3.11. The van der Waals surface area contributed by atoms with Gasteiger partial charge in [-0.15, -0.1) is 0 Å². The zero-order valence-corrected chi connectivity index (χ0v) is 6.82. The van der Waals surface area contributed by atoms with Gasteiger partial charge in [0.15, 0.2) is 0 Å². The van der Waals surface area contributed by atoms with E-state index in [1.807, 2.05) is 17.8 Å². The monoisotopic (exact) mass is 154 g/mol. The minimum Gasteiger partial charge on any atom is -0.396 e. The van der Waals surface area contributed by atoms with Crippen LogP contribution in [0.15, 0.2) is 12.3 Å². The summed E-state index contributed by atoms with van der Waals surface area (Å²) in [6.45, 7) is 0.290. The zero-order chi connectivity index (χ0) is 8.10. The van der Waals surface area contributed by atoms with E-state index in [1.165, 1.54) is 5.69 Å². The van der Waals surface area contributed by atoms with E-state index in [-0.39, 0.29) is 6.61 Å². The van der Waals surface area contributed by atoms with Crippen LogP contribution >= 0.6 is 0 Å². The molecular weight excluding hydrogens is 140 g/mol. The number of unbranched alkanes of at least 4 members (excludes halogenated alkanes) is 1. The van der Waals surface area contributed by atoms with E-state index in [1.54, 1.807) is 6.20 Å². The Bertz CT molecular complexity index is 208. The van der Waals surface area contributed by atoms with Crippen molar-refractivity contribution in [2.24, 2.45) is 7.05 Å². The number of hydrogen-bond acceptors (Lipinski definition) is 2. The molecule has 0 aromatic carbocycles. The van der Waals surface area contributed by atoms with Gasteiger partial charge >= 0.3 is 0 Å². The van der Waals surface area contributed by atoms with E-state index >= 15 is 0 Å². The van der Waals surface area contributed by atoms with Crippen LogP contribution in [0.3, 0.4) is 0 Å². The number of aliphatic hydroxyl groups is 1. The Balaban J connectivity index is 2.32. The minimum atomic E-state index is 0.290. The molecule has 0 saturated carbocycles. The van der Waals surface area contributed by atoms with Gasteiger partial charge in [0.25, 0.3) is 0 Å². The quantitative estimate of drug-likeness (QED) is 0.649. The Hall–Kier alpha value is -0.830. The third-order valence-corrected chi connectivity index (χ3v) is 1.76. The molecule has 1 heterocycles. The van der Waals surface area contributed by atoms with E-state index in [9.17, 15) is 0 Å². The minimum absolute atomic E-state index is 0.290. The number of hydrogen-bond donors (Lipinski definition) is 1. The van der Waals surface area contributed by atoms with Gasteiger partial charge in [-0.1, -0.05) is 0 Å². The molecule has 0 aliphatic rings. The molecule has 0 atom stereocenters. The predicted molar refractivity (Wildman–Crippen MR) is 43.2 cm³/mol. The Morgan fingerprint density at radius 1 is 1.55 bits per heavy atom. The SMILES string of the molecule is Cn1nccc1CCCCO. The maximum Gasteiger partial charge on any atom is 0.0492 e. The molecular formula is C8H14N2O. The fourth-order valence-corrected chi connectivity index (χ4v) is 1.06. The summed E-state index contributed by atoms with van der Waals surface area (Å²) in [5.74, 6) is 0. The molecule has 0 fully saturated rings. The average Bonchev–Trinajstić information content (AvgIpc) is 2.37. The average molecular weight is 154 g/mol. The molecule has 0 amide bonds. The maximum absolute atomic E-state index is 8.54. The normalized spacial score (nSPS) is 10.4. The van der Waals surface area contributed by atoms with Gasteiger partial charge in [0.1, 0.15) is 0 Å². The Morgan fingerprint density at radius 3 is 2.91 bits per heavy atom. The lowest BCUT2D eigenvalue weighted by molar-refractivity contribution is 0.284. The molecule has 3 nitrogen and oxygen atoms in total. The van der Waals surface area contributed by atoms with Gasteiger partial charge in [-0.3, -0.25) is 4.68 Å². The van der Waals surface area contributed by atoms with E-state index < -0.39 is 0 Å². The second kappa shape index (κ2) is 4.13. The maximum atomic E-state index is 8.54. The third kappa shape index (κ3) is 2.35. The van der Waals surface area contributed by atoms with Gasteiger partial charge in [-0.2, -0.15) is 5.10 Å². The van der Waals surface area contributed by atoms with Gasteiger partial charge in [-0.05, 0) is 25.3 Å². The number of nitrogens with zero attached hydrogens (tertiary/aromatic N) is 2. The van der Waals surface area contributed by atoms with Crippen LogP contribution < -0.4 is 0 Å². The van der Waals surface area contributed by atoms with Crippen LogP contribution in [0.4, 0.5) is 0 Å². The molecule has 1 rings (SSSR count). The summed E-state index contributed by atoms with van der Waals surface area (Å²) in [5, 5.41) is 12.6. The molecule has 0 bridgehead atoms. The highest BCUT2D eigenvalue weighted by atomic mass is 16.2. The number of aromatic nitrogens is 2. The van der Waals surface area contributed by atoms with E-state index in [0.717, 1.165) is 19.3 Å². The zero-order valence-electron chi connectivity index (χ0n) is 6.82. The van der Waals surface area contributed by atoms with Crippen molar-refractivity contribution in [2.75, 3.05) is 6.61 Å². The first-order chi connectivity index (χ1) is 5.34. The van der Waals surface area contributed by atoms with Crippen LogP contribution in [0.1, 0.15) is 18.5 Å². The van der Waals surface area contributed by atoms with Crippen molar-refractivity contribution in [1.29, 1.82) is 0 Å². The van der Waals surface area contributed by atoms with Gasteiger partial charge in [-0.25, -0.2) is 0 Å². The lowest BCUT2D eigenvalue weighted by atomic mass is 10.2. The highest BCUT2D eigenvalue weighted by Crippen LogP contribution is 2.02. The number of aryl methyl sites for hydroxylation is 2. The van der Waals surface area contributed by atoms with Crippen LogP contribution in [0.5, 0.6) is 0 Å². The first-order valence-corrected chi connectivity index (χ1v) is 3.92. The van der Waals surface area contributed by atoms with Gasteiger partial charge in [0, 0.05) is 25.5 Å². The lowest BCUT2D eigenvalue weighted by Crippen LogP contribution is -1.98. The van der Waals surface area contributed by atoms with Crippen molar-refractivity contribution in [3.8, 4) is 0 Å². The largest absolute Gasteiger partial charge is 0.396 e. The summed E-state index contributed by atoms with van der Waals surface area (Å²) in [7, 11) is 1.94. The smallest absolute Gasteiger partial charge is 0.0492 e. The van der Waals surface area contributed by atoms with Crippen LogP contribution in [0, 0.1) is 0 Å². The summed E-state index contributed by atoms with van der Waals surface area (Å²) >= 11 is 0. The fraction of sp³-hybridized carbons (Fsp3) is 0.625. The molecule has 11 heavy (non-hydrogen) atoms. The molecule has 0 radical (unpaired) electrons. The topological polar surface area (TPSA) is 38.0 Å². The van der Waals surface area contributed by atoms with Crippen molar-refractivity contribution in [3.63, 3.8) is 0 Å². The van der Waals surface area contributed by atoms with Crippen molar-refractivity contribution >= 4 is 0 Å². The van der Waals surface area contributed by atoms with Crippen molar-refractivity contribution in [1.82, 2.24) is 9.78 Å². The molecule has 62 valence electrons. The van der Waals surface area contributed by atoms with Crippen molar-refractivity contribution in [3.05, 3.63) is 18.0 Å². The highest BCUT2D eigenvalue weighted by Gasteiger charge is 1.96. The standard InChI is InChI=1S/C8H14N2O/c1-10-8(5-6-9-10)4-2-3-7-11/h5-6,11H,2-4,7H2,1H3. The van der Waals surface area contributed by atoms with Crippen LogP contribution in [-0.4, -0.2) is 21.5 Å². The first kappa shape index (κ1) is 8.27. The van der Waals surface area contributed by atoms with Crippen LogP contribution in [0.25, 0.3) is 0 Å². The van der Waals surface area contributed by atoms with Crippen molar-refractivity contribution in [2.45, 2.75) is 19.3 Å². The van der Waals surface area contributed by atoms with Gasteiger partial charge < -0.3 is 5.11 Å². The molecule has 1 aromatic rings. The van der Waals surface area contributed by atoms with E-state index in [4.69, 9.17) is 5.11 Å². The first-order valence-electron chi connectivity index (χ1n) is 3.92. The number of rotatable bonds is 4. The lowest BCUT2D eigenvalue weighted by Gasteiger charge is -1.99. The third-order valence-electron chi connectivity index (χ3n) is 1.76. The predicted octanol–water partition coefficient (Wildman–Crippen LogP) is 0.735. The van der Waals surface area contributed by atoms with Crippen LogP contribution in [0.2, 0.25) is 0 Å². The van der Waals surface area contributed by atoms with E-state index in [0.29, 0.717) is 0 Å². The summed E-state index contributed by atoms with van der Waals surface area (Å²) in [6, 6.07) is 2.01. The van der Waals surface area contributed by atoms with Crippen LogP contribution in [-0.2, 0) is 13.5 Å². The summed E-state index contributed by atoms with van der Waals surface area (Å²) in [4.78, 5) is 0. The van der Waals surface area contributed by atoms with Gasteiger partial charge in [0.2, 0.25) is 0 Å². The summed E-state index contributed by atoms with van der Waals surface area (Å²) in [5.41, 5.74) is 1.23. The number of aliphatic hydroxyl groups excluding tert-OH is 1. The fourth-order valence-electron chi connectivity index (χ4n) is 1.06. The second-order valence-corrected chi connectivity index (χ2v) is 2.63. The molecule has 0 aliphatic carbocycles. The highest BCUT2D eigenvalue weighted by molar-refractivity contribution is 4.99. The molecule has 3 heteroatoms.